The van der Waals surface area contributed by atoms with Crippen molar-refractivity contribution in [2.75, 3.05) is 13.1 Å². The summed E-state index contributed by atoms with van der Waals surface area (Å²) in [7, 11) is 0. The molecule has 3 atom stereocenters. The standard InChI is InChI=1S/C19H33N3O2/c1-19(20)11-6-5-9-16(19)17(23)21-15-10-12-22(13-15)18(24)14-7-3-2-4-8-14/h14-16H,2-13,20H2,1H3,(H,21,23). The fourth-order valence-corrected chi connectivity index (χ4v) is 4.78. The van der Waals surface area contributed by atoms with Gasteiger partial charge in [0.2, 0.25) is 11.8 Å². The number of carbonyl (C=O) groups is 2. The normalized spacial score (nSPS) is 35.0. The van der Waals surface area contributed by atoms with Gasteiger partial charge in [-0.1, -0.05) is 32.1 Å². The third kappa shape index (κ3) is 3.93. The van der Waals surface area contributed by atoms with Crippen molar-refractivity contribution >= 4 is 11.8 Å². The lowest BCUT2D eigenvalue weighted by molar-refractivity contribution is -0.136. The van der Waals surface area contributed by atoms with E-state index in [0.717, 1.165) is 51.5 Å². The van der Waals surface area contributed by atoms with E-state index in [9.17, 15) is 9.59 Å². The van der Waals surface area contributed by atoms with Gasteiger partial charge in [0.1, 0.15) is 0 Å². The van der Waals surface area contributed by atoms with Crippen molar-refractivity contribution in [1.82, 2.24) is 10.2 Å². The first-order chi connectivity index (χ1) is 11.5. The highest BCUT2D eigenvalue weighted by atomic mass is 16.2. The SMILES string of the molecule is CC1(N)CCCCC1C(=O)NC1CCN(C(=O)C2CCCCC2)C1. The van der Waals surface area contributed by atoms with E-state index in [-0.39, 0.29) is 23.8 Å². The van der Waals surface area contributed by atoms with Crippen LogP contribution in [0.3, 0.4) is 0 Å². The molecule has 0 spiro atoms. The van der Waals surface area contributed by atoms with E-state index in [1.165, 1.54) is 19.3 Å². The molecule has 3 unspecified atom stereocenters. The molecule has 0 radical (unpaired) electrons. The quantitative estimate of drug-likeness (QED) is 0.830. The van der Waals surface area contributed by atoms with Crippen LogP contribution in [0.15, 0.2) is 0 Å². The minimum atomic E-state index is -0.390. The predicted molar refractivity (Wildman–Crippen MR) is 94.3 cm³/mol. The summed E-state index contributed by atoms with van der Waals surface area (Å²) in [6, 6.07) is 0.0998. The molecular formula is C19H33N3O2. The number of nitrogens with zero attached hydrogens (tertiary/aromatic N) is 1. The van der Waals surface area contributed by atoms with Crippen molar-refractivity contribution in [3.05, 3.63) is 0 Å². The van der Waals surface area contributed by atoms with Gasteiger partial charge in [0, 0.05) is 30.6 Å². The molecule has 136 valence electrons. The molecule has 3 rings (SSSR count). The van der Waals surface area contributed by atoms with E-state index in [1.807, 2.05) is 11.8 Å². The van der Waals surface area contributed by atoms with Crippen LogP contribution in [0, 0.1) is 11.8 Å². The molecule has 5 nitrogen and oxygen atoms in total. The Morgan fingerprint density at radius 3 is 2.46 bits per heavy atom. The number of amides is 2. The summed E-state index contributed by atoms with van der Waals surface area (Å²) >= 11 is 0. The van der Waals surface area contributed by atoms with Gasteiger partial charge in [0.05, 0.1) is 5.92 Å². The molecular weight excluding hydrogens is 302 g/mol. The summed E-state index contributed by atoms with van der Waals surface area (Å²) in [5.74, 6) is 0.540. The number of likely N-dealkylation sites (tertiary alicyclic amines) is 1. The minimum Gasteiger partial charge on any atom is -0.351 e. The Kier molecular flexibility index (Phi) is 5.48. The molecule has 2 amide bonds. The van der Waals surface area contributed by atoms with Gasteiger partial charge < -0.3 is 16.0 Å². The molecule has 3 N–H and O–H groups in total. The fraction of sp³-hybridized carbons (Fsp3) is 0.895. The lowest BCUT2D eigenvalue weighted by atomic mass is 9.74. The summed E-state index contributed by atoms with van der Waals surface area (Å²) in [4.78, 5) is 27.3. The number of rotatable bonds is 3. The Hall–Kier alpha value is -1.10. The number of carbonyl (C=O) groups excluding carboxylic acids is 2. The van der Waals surface area contributed by atoms with Crippen LogP contribution in [0.1, 0.15) is 71.1 Å². The van der Waals surface area contributed by atoms with Crippen molar-refractivity contribution in [3.8, 4) is 0 Å². The molecule has 3 fully saturated rings. The largest absolute Gasteiger partial charge is 0.351 e. The van der Waals surface area contributed by atoms with Crippen LogP contribution in [0.4, 0.5) is 0 Å². The predicted octanol–water partition coefficient (Wildman–Crippen LogP) is 2.19. The molecule has 2 saturated carbocycles. The van der Waals surface area contributed by atoms with Crippen molar-refractivity contribution in [3.63, 3.8) is 0 Å². The zero-order valence-corrected chi connectivity index (χ0v) is 15.1. The van der Waals surface area contributed by atoms with Crippen LogP contribution in [-0.2, 0) is 9.59 Å². The van der Waals surface area contributed by atoms with E-state index < -0.39 is 5.54 Å². The third-order valence-electron chi connectivity index (χ3n) is 6.37. The van der Waals surface area contributed by atoms with Crippen LogP contribution in [-0.4, -0.2) is 41.4 Å². The van der Waals surface area contributed by atoms with Crippen molar-refractivity contribution in [1.29, 1.82) is 0 Å². The third-order valence-corrected chi connectivity index (χ3v) is 6.37. The van der Waals surface area contributed by atoms with Crippen LogP contribution in [0.2, 0.25) is 0 Å². The molecule has 0 aromatic rings. The average Bonchev–Trinajstić information content (AvgIpc) is 3.03. The number of nitrogens with two attached hydrogens (primary N) is 1. The van der Waals surface area contributed by atoms with Gasteiger partial charge in [-0.05, 0) is 39.0 Å². The first-order valence-electron chi connectivity index (χ1n) is 9.85. The maximum atomic E-state index is 12.7. The number of hydrogen-bond donors (Lipinski definition) is 2. The Morgan fingerprint density at radius 2 is 1.75 bits per heavy atom. The highest BCUT2D eigenvalue weighted by Crippen LogP contribution is 2.32. The monoisotopic (exact) mass is 335 g/mol. The van der Waals surface area contributed by atoms with Crippen LogP contribution in [0.25, 0.3) is 0 Å². The van der Waals surface area contributed by atoms with Crippen molar-refractivity contribution in [2.24, 2.45) is 17.6 Å². The first kappa shape index (κ1) is 17.7. The fourth-order valence-electron chi connectivity index (χ4n) is 4.78. The Bertz CT molecular complexity index is 471. The molecule has 24 heavy (non-hydrogen) atoms. The summed E-state index contributed by atoms with van der Waals surface area (Å²) in [5, 5.41) is 3.18. The average molecular weight is 335 g/mol. The van der Waals surface area contributed by atoms with Crippen LogP contribution in [0.5, 0.6) is 0 Å². The highest BCUT2D eigenvalue weighted by molar-refractivity contribution is 5.81. The molecule has 1 heterocycles. The topological polar surface area (TPSA) is 75.4 Å². The molecule has 3 aliphatic rings. The molecule has 2 aliphatic carbocycles. The second kappa shape index (κ2) is 7.42. The van der Waals surface area contributed by atoms with Gasteiger partial charge >= 0.3 is 0 Å². The first-order valence-corrected chi connectivity index (χ1v) is 9.85. The van der Waals surface area contributed by atoms with Gasteiger partial charge in [-0.2, -0.15) is 0 Å². The van der Waals surface area contributed by atoms with E-state index in [0.29, 0.717) is 12.5 Å². The highest BCUT2D eigenvalue weighted by Gasteiger charge is 2.39. The smallest absolute Gasteiger partial charge is 0.225 e. The zero-order chi connectivity index (χ0) is 17.2. The minimum absolute atomic E-state index is 0.0886. The van der Waals surface area contributed by atoms with E-state index in [1.54, 1.807) is 0 Å². The Morgan fingerprint density at radius 1 is 1.04 bits per heavy atom. The summed E-state index contributed by atoms with van der Waals surface area (Å²) in [6.45, 7) is 3.46. The maximum Gasteiger partial charge on any atom is 0.225 e. The van der Waals surface area contributed by atoms with E-state index >= 15 is 0 Å². The van der Waals surface area contributed by atoms with E-state index in [4.69, 9.17) is 5.73 Å². The molecule has 1 saturated heterocycles. The van der Waals surface area contributed by atoms with E-state index in [2.05, 4.69) is 5.32 Å². The van der Waals surface area contributed by atoms with Crippen LogP contribution < -0.4 is 11.1 Å². The number of hydrogen-bond acceptors (Lipinski definition) is 3. The molecule has 0 aromatic heterocycles. The summed E-state index contributed by atoms with van der Waals surface area (Å²) < 4.78 is 0. The Labute approximate surface area is 145 Å². The van der Waals surface area contributed by atoms with Gasteiger partial charge in [0.15, 0.2) is 0 Å². The van der Waals surface area contributed by atoms with Gasteiger partial charge in [-0.25, -0.2) is 0 Å². The summed E-state index contributed by atoms with van der Waals surface area (Å²) in [5.41, 5.74) is 5.95. The van der Waals surface area contributed by atoms with Crippen molar-refractivity contribution in [2.45, 2.75) is 82.7 Å². The van der Waals surface area contributed by atoms with Gasteiger partial charge in [0.25, 0.3) is 0 Å². The second-order valence-electron chi connectivity index (χ2n) is 8.42. The number of nitrogens with one attached hydrogen (secondary N) is 1. The lowest BCUT2D eigenvalue weighted by Gasteiger charge is -2.37. The molecule has 1 aliphatic heterocycles. The molecule has 0 aromatic carbocycles. The van der Waals surface area contributed by atoms with Gasteiger partial charge in [-0.3, -0.25) is 9.59 Å². The van der Waals surface area contributed by atoms with Crippen molar-refractivity contribution < 1.29 is 9.59 Å². The summed E-state index contributed by atoms with van der Waals surface area (Å²) in [6.07, 6.45) is 10.6. The maximum absolute atomic E-state index is 12.7. The van der Waals surface area contributed by atoms with Gasteiger partial charge in [-0.15, -0.1) is 0 Å². The molecule has 5 heteroatoms. The lowest BCUT2D eigenvalue weighted by Crippen LogP contribution is -2.54. The molecule has 0 bridgehead atoms. The second-order valence-corrected chi connectivity index (χ2v) is 8.42. The zero-order valence-electron chi connectivity index (χ0n) is 15.1. The van der Waals surface area contributed by atoms with Crippen LogP contribution >= 0.6 is 0 Å². The Balaban J connectivity index is 1.50.